The van der Waals surface area contributed by atoms with Gasteiger partial charge in [-0.05, 0) is 30.2 Å². The summed E-state index contributed by atoms with van der Waals surface area (Å²) in [6.45, 7) is 0.759. The quantitative estimate of drug-likeness (QED) is 0.717. The van der Waals surface area contributed by atoms with Crippen molar-refractivity contribution in [1.82, 2.24) is 4.98 Å². The number of para-hydroxylation sites is 2. The van der Waals surface area contributed by atoms with Crippen molar-refractivity contribution in [3.63, 3.8) is 0 Å². The average Bonchev–Trinajstić information content (AvgIpc) is 3.12. The number of amides is 1. The van der Waals surface area contributed by atoms with Gasteiger partial charge in [-0.2, -0.15) is 0 Å². The fourth-order valence-corrected chi connectivity index (χ4v) is 2.96. The third-order valence-electron chi connectivity index (χ3n) is 3.95. The molecule has 0 fully saturated rings. The number of hydrogen-bond donors (Lipinski definition) is 1. The summed E-state index contributed by atoms with van der Waals surface area (Å²) < 4.78 is 0. The van der Waals surface area contributed by atoms with Crippen LogP contribution < -0.4 is 4.90 Å². The summed E-state index contributed by atoms with van der Waals surface area (Å²) in [5.74, 6) is 0.0722. The van der Waals surface area contributed by atoms with E-state index >= 15 is 0 Å². The number of fused-ring (bicyclic) bond motifs is 2. The largest absolute Gasteiger partial charge is 0.361 e. The lowest BCUT2D eigenvalue weighted by Crippen LogP contribution is -2.29. The lowest BCUT2D eigenvalue weighted by atomic mass is 10.1. The molecule has 0 saturated heterocycles. The molecular weight excluding hydrogens is 248 g/mol. The maximum Gasteiger partial charge on any atom is 0.260 e. The van der Waals surface area contributed by atoms with E-state index in [1.165, 1.54) is 5.56 Å². The van der Waals surface area contributed by atoms with Gasteiger partial charge in [0.15, 0.2) is 0 Å². The summed E-state index contributed by atoms with van der Waals surface area (Å²) in [6, 6.07) is 16.0. The van der Waals surface area contributed by atoms with Gasteiger partial charge >= 0.3 is 0 Å². The minimum Gasteiger partial charge on any atom is -0.361 e. The van der Waals surface area contributed by atoms with Gasteiger partial charge in [0.25, 0.3) is 5.91 Å². The molecule has 0 radical (unpaired) electrons. The maximum atomic E-state index is 12.8. The van der Waals surface area contributed by atoms with Crippen molar-refractivity contribution in [2.45, 2.75) is 6.42 Å². The number of anilines is 1. The molecule has 3 nitrogen and oxygen atoms in total. The van der Waals surface area contributed by atoms with E-state index in [0.29, 0.717) is 0 Å². The Hall–Kier alpha value is -2.55. The number of nitrogens with one attached hydrogen (secondary N) is 1. The molecule has 1 aromatic heterocycles. The monoisotopic (exact) mass is 262 g/mol. The first-order valence-corrected chi connectivity index (χ1v) is 6.80. The van der Waals surface area contributed by atoms with Gasteiger partial charge in [0.2, 0.25) is 0 Å². The number of hydrogen-bond acceptors (Lipinski definition) is 1. The van der Waals surface area contributed by atoms with Crippen molar-refractivity contribution in [2.75, 3.05) is 11.4 Å². The second-order valence-corrected chi connectivity index (χ2v) is 5.08. The van der Waals surface area contributed by atoms with Gasteiger partial charge in [0.1, 0.15) is 0 Å². The average molecular weight is 262 g/mol. The Bertz CT molecular complexity index is 803. The third kappa shape index (κ3) is 1.56. The number of rotatable bonds is 1. The van der Waals surface area contributed by atoms with Crippen LogP contribution in [0.5, 0.6) is 0 Å². The third-order valence-corrected chi connectivity index (χ3v) is 3.95. The van der Waals surface area contributed by atoms with E-state index in [-0.39, 0.29) is 5.91 Å². The molecule has 4 rings (SSSR count). The van der Waals surface area contributed by atoms with Crippen LogP contribution in [0.2, 0.25) is 0 Å². The van der Waals surface area contributed by atoms with Crippen LogP contribution in [0.15, 0.2) is 54.7 Å². The maximum absolute atomic E-state index is 12.8. The van der Waals surface area contributed by atoms with Crippen molar-refractivity contribution in [3.05, 3.63) is 65.9 Å². The van der Waals surface area contributed by atoms with E-state index in [9.17, 15) is 4.79 Å². The highest BCUT2D eigenvalue weighted by molar-refractivity contribution is 6.13. The zero-order chi connectivity index (χ0) is 13.5. The number of carbonyl (C=O) groups excluding carboxylic acids is 1. The molecular formula is C17H14N2O. The van der Waals surface area contributed by atoms with Crippen molar-refractivity contribution in [3.8, 4) is 0 Å². The topological polar surface area (TPSA) is 36.1 Å². The van der Waals surface area contributed by atoms with Crippen LogP contribution in [-0.4, -0.2) is 17.4 Å². The van der Waals surface area contributed by atoms with Crippen LogP contribution >= 0.6 is 0 Å². The minimum absolute atomic E-state index is 0.0722. The molecule has 1 amide bonds. The second kappa shape index (κ2) is 4.23. The van der Waals surface area contributed by atoms with Gasteiger partial charge < -0.3 is 9.88 Å². The molecule has 1 aliphatic rings. The van der Waals surface area contributed by atoms with Gasteiger partial charge in [-0.3, -0.25) is 4.79 Å². The highest BCUT2D eigenvalue weighted by Crippen LogP contribution is 2.30. The molecule has 0 bridgehead atoms. The minimum atomic E-state index is 0.0722. The number of aromatic nitrogens is 1. The summed E-state index contributed by atoms with van der Waals surface area (Å²) in [4.78, 5) is 17.9. The van der Waals surface area contributed by atoms with E-state index in [2.05, 4.69) is 11.1 Å². The van der Waals surface area contributed by atoms with Crippen molar-refractivity contribution < 1.29 is 4.79 Å². The standard InChI is InChI=1S/C17H14N2O/c20-17(14-6-3-5-13-8-10-18-16(13)14)19-11-9-12-4-1-2-7-15(12)19/h1-8,10,18H,9,11H2. The summed E-state index contributed by atoms with van der Waals surface area (Å²) >= 11 is 0. The molecule has 0 atom stereocenters. The van der Waals surface area contributed by atoms with Crippen molar-refractivity contribution in [2.24, 2.45) is 0 Å². The molecule has 98 valence electrons. The SMILES string of the molecule is O=C(c1cccc2cc[nH]c12)N1CCc2ccccc21. The predicted octanol–water partition coefficient (Wildman–Crippen LogP) is 3.37. The van der Waals surface area contributed by atoms with Gasteiger partial charge in [0, 0.05) is 23.8 Å². The van der Waals surface area contributed by atoms with Crippen LogP contribution in [0.4, 0.5) is 5.69 Å². The molecule has 2 heterocycles. The highest BCUT2D eigenvalue weighted by atomic mass is 16.2. The molecule has 2 aromatic carbocycles. The Kier molecular flexibility index (Phi) is 2.39. The van der Waals surface area contributed by atoms with Gasteiger partial charge in [0.05, 0.1) is 11.1 Å². The van der Waals surface area contributed by atoms with E-state index < -0.39 is 0 Å². The lowest BCUT2D eigenvalue weighted by Gasteiger charge is -2.17. The summed E-state index contributed by atoms with van der Waals surface area (Å²) in [5.41, 5.74) is 3.95. The number of H-pyrrole nitrogens is 1. The first-order valence-electron chi connectivity index (χ1n) is 6.80. The lowest BCUT2D eigenvalue weighted by molar-refractivity contribution is 0.0991. The smallest absolute Gasteiger partial charge is 0.260 e. The van der Waals surface area contributed by atoms with Crippen molar-refractivity contribution >= 4 is 22.5 Å². The number of aromatic amines is 1. The van der Waals surface area contributed by atoms with E-state index in [1.54, 1.807) is 0 Å². The van der Waals surface area contributed by atoms with E-state index in [4.69, 9.17) is 0 Å². The molecule has 0 saturated carbocycles. The summed E-state index contributed by atoms with van der Waals surface area (Å²) in [6.07, 6.45) is 2.81. The van der Waals surface area contributed by atoms with Crippen LogP contribution in [0.3, 0.4) is 0 Å². The molecule has 0 spiro atoms. The highest BCUT2D eigenvalue weighted by Gasteiger charge is 2.26. The van der Waals surface area contributed by atoms with Crippen LogP contribution in [0, 0.1) is 0 Å². The first kappa shape index (κ1) is 11.3. The second-order valence-electron chi connectivity index (χ2n) is 5.08. The summed E-state index contributed by atoms with van der Waals surface area (Å²) in [7, 11) is 0. The Morgan fingerprint density at radius 1 is 1.05 bits per heavy atom. The number of nitrogens with zero attached hydrogens (tertiary/aromatic N) is 1. The van der Waals surface area contributed by atoms with Gasteiger partial charge in [-0.25, -0.2) is 0 Å². The van der Waals surface area contributed by atoms with Gasteiger partial charge in [-0.15, -0.1) is 0 Å². The fourth-order valence-electron chi connectivity index (χ4n) is 2.96. The summed E-state index contributed by atoms with van der Waals surface area (Å²) in [5, 5.41) is 1.07. The fraction of sp³-hybridized carbons (Fsp3) is 0.118. The molecule has 1 aliphatic heterocycles. The van der Waals surface area contributed by atoms with E-state index in [1.807, 2.05) is 53.6 Å². The zero-order valence-electron chi connectivity index (χ0n) is 11.0. The molecule has 20 heavy (non-hydrogen) atoms. The number of benzene rings is 2. The Balaban J connectivity index is 1.81. The number of carbonyl (C=O) groups is 1. The molecule has 0 aliphatic carbocycles. The molecule has 0 unspecified atom stereocenters. The zero-order valence-corrected chi connectivity index (χ0v) is 11.0. The molecule has 3 aromatic rings. The van der Waals surface area contributed by atoms with Crippen LogP contribution in [0.25, 0.3) is 10.9 Å². The van der Waals surface area contributed by atoms with Crippen LogP contribution in [-0.2, 0) is 6.42 Å². The Labute approximate surface area is 116 Å². The van der Waals surface area contributed by atoms with Crippen molar-refractivity contribution in [1.29, 1.82) is 0 Å². The van der Waals surface area contributed by atoms with E-state index in [0.717, 1.165) is 35.1 Å². The molecule has 1 N–H and O–H groups in total. The Morgan fingerprint density at radius 2 is 1.95 bits per heavy atom. The normalized spacial score (nSPS) is 13.7. The first-order chi connectivity index (χ1) is 9.84. The molecule has 3 heteroatoms. The predicted molar refractivity (Wildman–Crippen MR) is 80.1 cm³/mol. The van der Waals surface area contributed by atoms with Gasteiger partial charge in [-0.1, -0.05) is 30.3 Å². The Morgan fingerprint density at radius 3 is 2.90 bits per heavy atom. The van der Waals surface area contributed by atoms with Crippen LogP contribution in [0.1, 0.15) is 15.9 Å².